The fourth-order valence-corrected chi connectivity index (χ4v) is 5.19. The van der Waals surface area contributed by atoms with E-state index < -0.39 is 15.9 Å². The highest BCUT2D eigenvalue weighted by molar-refractivity contribution is 7.90. The number of nitrogens with zero attached hydrogens (tertiary/aromatic N) is 2. The fraction of sp³-hybridized carbons (Fsp3) is 0.259. The number of benzene rings is 2. The van der Waals surface area contributed by atoms with Crippen molar-refractivity contribution in [3.05, 3.63) is 93.0 Å². The Hall–Kier alpha value is -2.87. The Labute approximate surface area is 222 Å². The van der Waals surface area contributed by atoms with Crippen LogP contribution in [0.1, 0.15) is 54.9 Å². The normalized spacial score (nSPS) is 12.0. The predicted molar refractivity (Wildman–Crippen MR) is 148 cm³/mol. The largest absolute Gasteiger partial charge is 0.323 e. The Balaban J connectivity index is 1.80. The molecule has 0 spiro atoms. The van der Waals surface area contributed by atoms with E-state index in [1.54, 1.807) is 0 Å². The van der Waals surface area contributed by atoms with Gasteiger partial charge in [0.1, 0.15) is 5.82 Å². The number of carbonyl (C=O) groups is 1. The maximum Gasteiger partial charge on any atom is 0.257 e. The molecule has 1 N–H and O–H groups in total. The van der Waals surface area contributed by atoms with Gasteiger partial charge in [0.05, 0.1) is 18.0 Å². The number of imidazole rings is 1. The van der Waals surface area contributed by atoms with E-state index in [4.69, 9.17) is 23.2 Å². The predicted octanol–water partition coefficient (Wildman–Crippen LogP) is 6.23. The average molecular weight is 547 g/mol. The summed E-state index contributed by atoms with van der Waals surface area (Å²) in [4.78, 5) is 16.6. The molecule has 190 valence electrons. The van der Waals surface area contributed by atoms with E-state index in [0.717, 1.165) is 28.6 Å². The first kappa shape index (κ1) is 27.7. The molecule has 0 aliphatic rings. The average Bonchev–Trinajstić information content (AvgIpc) is 3.16. The molecule has 0 unspecified atom stereocenters. The number of unbranched alkanes of at least 4 members (excludes halogenated alkanes) is 1. The molecule has 0 saturated heterocycles. The molecule has 1 amide bonds. The zero-order valence-electron chi connectivity index (χ0n) is 20.2. The summed E-state index contributed by atoms with van der Waals surface area (Å²) in [5, 5.41) is 0.815. The maximum absolute atomic E-state index is 12.2. The summed E-state index contributed by atoms with van der Waals surface area (Å²) in [6.07, 6.45) is 8.45. The number of aryl methyl sites for hydroxylation is 1. The summed E-state index contributed by atoms with van der Waals surface area (Å²) in [7, 11) is -3.68. The lowest BCUT2D eigenvalue weighted by molar-refractivity contribution is -0.114. The number of amides is 1. The van der Waals surface area contributed by atoms with Crippen LogP contribution in [0.15, 0.2) is 54.6 Å². The molecule has 3 aromatic rings. The highest BCUT2D eigenvalue weighted by Gasteiger charge is 2.16. The molecule has 6 nitrogen and oxygen atoms in total. The second-order valence-corrected chi connectivity index (χ2v) is 10.8. The SMILES string of the molecule is CCCCS(=O)(=O)NC(=O)/C=C/c1c(Cl)nc(CC)n1Cc1ccc(/C=C/c2ccccc2)cc1Cl. The molecule has 0 atom stereocenters. The minimum atomic E-state index is -3.68. The highest BCUT2D eigenvalue weighted by Crippen LogP contribution is 2.25. The summed E-state index contributed by atoms with van der Waals surface area (Å²) in [6.45, 7) is 4.22. The lowest BCUT2D eigenvalue weighted by Gasteiger charge is -2.12. The molecule has 0 radical (unpaired) electrons. The van der Waals surface area contributed by atoms with Gasteiger partial charge < -0.3 is 4.57 Å². The van der Waals surface area contributed by atoms with Crippen molar-refractivity contribution in [3.8, 4) is 0 Å². The molecule has 2 aromatic carbocycles. The Morgan fingerprint density at radius 2 is 1.75 bits per heavy atom. The van der Waals surface area contributed by atoms with Gasteiger partial charge in [-0.25, -0.2) is 18.1 Å². The van der Waals surface area contributed by atoms with Crippen molar-refractivity contribution in [2.24, 2.45) is 0 Å². The molecule has 36 heavy (non-hydrogen) atoms. The van der Waals surface area contributed by atoms with Crippen LogP contribution in [0.3, 0.4) is 0 Å². The highest BCUT2D eigenvalue weighted by atomic mass is 35.5. The van der Waals surface area contributed by atoms with Crippen LogP contribution in [-0.4, -0.2) is 29.6 Å². The molecule has 0 bridgehead atoms. The van der Waals surface area contributed by atoms with Crippen molar-refractivity contribution in [2.45, 2.75) is 39.7 Å². The van der Waals surface area contributed by atoms with Gasteiger partial charge in [0.2, 0.25) is 10.0 Å². The smallest absolute Gasteiger partial charge is 0.257 e. The van der Waals surface area contributed by atoms with Crippen LogP contribution in [0.5, 0.6) is 0 Å². The summed E-state index contributed by atoms with van der Waals surface area (Å²) in [6, 6.07) is 15.8. The maximum atomic E-state index is 12.2. The Morgan fingerprint density at radius 1 is 1.03 bits per heavy atom. The van der Waals surface area contributed by atoms with Crippen LogP contribution in [0.25, 0.3) is 18.2 Å². The lowest BCUT2D eigenvalue weighted by atomic mass is 10.1. The van der Waals surface area contributed by atoms with Gasteiger partial charge in [0.25, 0.3) is 5.91 Å². The monoisotopic (exact) mass is 545 g/mol. The molecule has 0 aliphatic carbocycles. The van der Waals surface area contributed by atoms with Crippen molar-refractivity contribution in [1.29, 1.82) is 0 Å². The number of aromatic nitrogens is 2. The summed E-state index contributed by atoms with van der Waals surface area (Å²) in [5.41, 5.74) is 3.42. The van der Waals surface area contributed by atoms with Crippen LogP contribution >= 0.6 is 23.2 Å². The molecular weight excluding hydrogens is 517 g/mol. The van der Waals surface area contributed by atoms with Crippen molar-refractivity contribution in [1.82, 2.24) is 14.3 Å². The number of hydrogen-bond acceptors (Lipinski definition) is 4. The van der Waals surface area contributed by atoms with Gasteiger partial charge in [-0.15, -0.1) is 0 Å². The number of halogens is 2. The molecule has 1 heterocycles. The van der Waals surface area contributed by atoms with Gasteiger partial charge >= 0.3 is 0 Å². The van der Waals surface area contributed by atoms with E-state index in [0.29, 0.717) is 36.5 Å². The molecule has 9 heteroatoms. The minimum absolute atomic E-state index is 0.100. The first-order valence-electron chi connectivity index (χ1n) is 11.7. The van der Waals surface area contributed by atoms with Crippen molar-refractivity contribution in [2.75, 3.05) is 5.75 Å². The van der Waals surface area contributed by atoms with Crippen molar-refractivity contribution >= 4 is 57.4 Å². The Bertz CT molecular complexity index is 1360. The minimum Gasteiger partial charge on any atom is -0.323 e. The second-order valence-electron chi connectivity index (χ2n) is 8.21. The molecule has 3 rings (SSSR count). The third kappa shape index (κ3) is 7.82. The van der Waals surface area contributed by atoms with E-state index in [-0.39, 0.29) is 10.9 Å². The number of rotatable bonds is 11. The zero-order chi connectivity index (χ0) is 26.1. The van der Waals surface area contributed by atoms with E-state index >= 15 is 0 Å². The lowest BCUT2D eigenvalue weighted by Crippen LogP contribution is -2.31. The summed E-state index contributed by atoms with van der Waals surface area (Å²) in [5.74, 6) is -0.114. The third-order valence-electron chi connectivity index (χ3n) is 5.45. The van der Waals surface area contributed by atoms with Crippen LogP contribution in [0.4, 0.5) is 0 Å². The topological polar surface area (TPSA) is 81.1 Å². The van der Waals surface area contributed by atoms with E-state index in [9.17, 15) is 13.2 Å². The van der Waals surface area contributed by atoms with Crippen LogP contribution in [0, 0.1) is 0 Å². The van der Waals surface area contributed by atoms with E-state index in [1.165, 1.54) is 6.08 Å². The number of sulfonamides is 1. The fourth-order valence-electron chi connectivity index (χ4n) is 3.54. The van der Waals surface area contributed by atoms with Gasteiger partial charge in [-0.1, -0.05) is 98.1 Å². The molecule has 0 fully saturated rings. The van der Waals surface area contributed by atoms with Gasteiger partial charge in [-0.05, 0) is 35.3 Å². The summed E-state index contributed by atoms with van der Waals surface area (Å²) < 4.78 is 27.9. The number of hydrogen-bond donors (Lipinski definition) is 1. The first-order valence-corrected chi connectivity index (χ1v) is 14.1. The van der Waals surface area contributed by atoms with E-state index in [2.05, 4.69) is 9.71 Å². The van der Waals surface area contributed by atoms with Crippen LogP contribution in [-0.2, 0) is 27.8 Å². The standard InChI is InChI=1S/C27H29Cl2N3O3S/c1-3-5-17-36(34,35)31-26(33)16-15-24-27(29)30-25(4-2)32(24)19-22-14-13-21(18-23(22)28)12-11-20-9-7-6-8-10-20/h6-16,18H,3-5,17,19H2,1-2H3,(H,31,33)/b12-11+,16-15+. The Morgan fingerprint density at radius 3 is 2.42 bits per heavy atom. The molecular formula is C27H29Cl2N3O3S. The molecule has 0 aliphatic heterocycles. The quantitative estimate of drug-likeness (QED) is 0.228. The summed E-state index contributed by atoms with van der Waals surface area (Å²) >= 11 is 13.0. The third-order valence-corrected chi connectivity index (χ3v) is 7.41. The number of nitrogens with one attached hydrogen (secondary N) is 1. The van der Waals surface area contributed by atoms with E-state index in [1.807, 2.05) is 79.1 Å². The second kappa shape index (κ2) is 12.9. The van der Waals surface area contributed by atoms with Crippen LogP contribution in [0.2, 0.25) is 10.2 Å². The zero-order valence-corrected chi connectivity index (χ0v) is 22.6. The van der Waals surface area contributed by atoms with Crippen molar-refractivity contribution in [3.63, 3.8) is 0 Å². The molecule has 1 aromatic heterocycles. The van der Waals surface area contributed by atoms with Gasteiger partial charge in [0, 0.05) is 17.5 Å². The van der Waals surface area contributed by atoms with Crippen molar-refractivity contribution < 1.29 is 13.2 Å². The molecule has 0 saturated carbocycles. The van der Waals surface area contributed by atoms with Crippen LogP contribution < -0.4 is 4.72 Å². The number of carbonyl (C=O) groups excluding carboxylic acids is 1. The van der Waals surface area contributed by atoms with Gasteiger partial charge in [-0.3, -0.25) is 4.79 Å². The van der Waals surface area contributed by atoms with Gasteiger partial charge in [0.15, 0.2) is 5.15 Å². The Kier molecular flexibility index (Phi) is 9.93. The first-order chi connectivity index (χ1) is 17.2. The van der Waals surface area contributed by atoms with Gasteiger partial charge in [-0.2, -0.15) is 0 Å².